The molecule has 0 aromatic carbocycles. The van der Waals surface area contributed by atoms with Crippen LogP contribution in [-0.4, -0.2) is 47.4 Å². The minimum absolute atomic E-state index is 0.0165. The molecule has 0 bridgehead atoms. The zero-order chi connectivity index (χ0) is 41.5. The highest BCUT2D eigenvalue weighted by molar-refractivity contribution is 5.76. The molecule has 0 fully saturated rings. The number of hydrogen-bond donors (Lipinski definition) is 3. The predicted molar refractivity (Wildman–Crippen MR) is 246 cm³/mol. The van der Waals surface area contributed by atoms with Crippen LogP contribution in [0.5, 0.6) is 0 Å². The van der Waals surface area contributed by atoms with E-state index in [1.807, 2.05) is 0 Å². The van der Waals surface area contributed by atoms with Crippen LogP contribution >= 0.6 is 0 Å². The van der Waals surface area contributed by atoms with Crippen molar-refractivity contribution in [2.24, 2.45) is 0 Å². The number of unbranched alkanes of at least 4 members (excludes halogenated alkanes) is 34. The summed E-state index contributed by atoms with van der Waals surface area (Å²) < 4.78 is 5.46. The highest BCUT2D eigenvalue weighted by atomic mass is 16.5. The molecule has 0 radical (unpaired) electrons. The van der Waals surface area contributed by atoms with Gasteiger partial charge in [0, 0.05) is 12.8 Å². The molecule has 3 N–H and O–H groups in total. The number of hydrogen-bond acceptors (Lipinski definition) is 5. The molecule has 0 aromatic heterocycles. The van der Waals surface area contributed by atoms with Crippen LogP contribution in [0.15, 0.2) is 12.2 Å². The normalized spacial score (nSPS) is 12.7. The van der Waals surface area contributed by atoms with Gasteiger partial charge in [-0.1, -0.05) is 225 Å². The Morgan fingerprint density at radius 1 is 0.474 bits per heavy atom. The van der Waals surface area contributed by atoms with Crippen LogP contribution in [0.3, 0.4) is 0 Å². The Kier molecular flexibility index (Phi) is 46.1. The lowest BCUT2D eigenvalue weighted by Gasteiger charge is -2.22. The molecule has 0 spiro atoms. The fourth-order valence-corrected chi connectivity index (χ4v) is 7.87. The SMILES string of the molecule is CCCCCCCCC/C=C\CCCCCCCC(=O)OCCCCCCCCCCCCCCC(=O)NC(CO)C(O)CCCCCCCCCCCCCC. The quantitative estimate of drug-likeness (QED) is 0.0323. The maximum atomic E-state index is 12.4. The Morgan fingerprint density at radius 3 is 1.25 bits per heavy atom. The van der Waals surface area contributed by atoms with Crippen molar-refractivity contribution >= 4 is 11.9 Å². The number of rotatable bonds is 47. The number of nitrogens with one attached hydrogen (secondary N) is 1. The topological polar surface area (TPSA) is 95.9 Å². The first kappa shape index (κ1) is 55.6. The van der Waals surface area contributed by atoms with Gasteiger partial charge in [0.2, 0.25) is 5.91 Å². The number of amides is 1. The van der Waals surface area contributed by atoms with Crippen LogP contribution in [0.25, 0.3) is 0 Å². The van der Waals surface area contributed by atoms with Gasteiger partial charge >= 0.3 is 5.97 Å². The number of ether oxygens (including phenoxy) is 1. The van der Waals surface area contributed by atoms with E-state index in [0.717, 1.165) is 57.8 Å². The van der Waals surface area contributed by atoms with E-state index in [1.54, 1.807) is 0 Å². The number of allylic oxidation sites excluding steroid dienone is 2. The molecule has 0 aliphatic carbocycles. The molecule has 0 rings (SSSR count). The summed E-state index contributed by atoms with van der Waals surface area (Å²) in [6.07, 6.45) is 53.2. The molecule has 0 saturated carbocycles. The Bertz CT molecular complexity index is 847. The van der Waals surface area contributed by atoms with Gasteiger partial charge in [-0.2, -0.15) is 0 Å². The van der Waals surface area contributed by atoms with E-state index in [2.05, 4.69) is 31.3 Å². The molecule has 1 amide bonds. The first-order valence-corrected chi connectivity index (χ1v) is 25.4. The lowest BCUT2D eigenvalue weighted by Crippen LogP contribution is -2.45. The Balaban J connectivity index is 3.45. The van der Waals surface area contributed by atoms with Gasteiger partial charge in [-0.25, -0.2) is 0 Å². The molecule has 6 nitrogen and oxygen atoms in total. The maximum Gasteiger partial charge on any atom is 0.305 e. The summed E-state index contributed by atoms with van der Waals surface area (Å²) in [7, 11) is 0. The van der Waals surface area contributed by atoms with Crippen LogP contribution in [-0.2, 0) is 14.3 Å². The van der Waals surface area contributed by atoms with Crippen LogP contribution < -0.4 is 5.32 Å². The van der Waals surface area contributed by atoms with Gasteiger partial charge in [-0.3, -0.25) is 9.59 Å². The standard InChI is InChI=1S/C51H99NO5/c1-3-5-7-9-11-13-15-17-18-19-20-25-29-33-37-41-45-51(56)57-46-42-38-34-30-26-22-21-24-28-32-36-40-44-50(55)52-48(47-53)49(54)43-39-35-31-27-23-16-14-12-10-8-6-4-2/h18-19,48-49,53-54H,3-17,20-47H2,1-2H3,(H,52,55)/b19-18-. The largest absolute Gasteiger partial charge is 0.466 e. The molecule has 57 heavy (non-hydrogen) atoms. The van der Waals surface area contributed by atoms with Crippen molar-refractivity contribution < 1.29 is 24.5 Å². The van der Waals surface area contributed by atoms with Crippen molar-refractivity contribution in [1.29, 1.82) is 0 Å². The molecule has 338 valence electrons. The number of carbonyl (C=O) groups excluding carboxylic acids is 2. The van der Waals surface area contributed by atoms with Gasteiger partial charge in [0.1, 0.15) is 0 Å². The highest BCUT2D eigenvalue weighted by Gasteiger charge is 2.20. The van der Waals surface area contributed by atoms with Gasteiger partial charge in [-0.15, -0.1) is 0 Å². The first-order valence-electron chi connectivity index (χ1n) is 25.4. The lowest BCUT2D eigenvalue weighted by atomic mass is 10.0. The van der Waals surface area contributed by atoms with Crippen molar-refractivity contribution in [1.82, 2.24) is 5.32 Å². The minimum atomic E-state index is -0.673. The fourth-order valence-electron chi connectivity index (χ4n) is 7.87. The average molecular weight is 806 g/mol. The zero-order valence-electron chi connectivity index (χ0n) is 38.3. The molecule has 6 heteroatoms. The number of carbonyl (C=O) groups is 2. The molecule has 0 heterocycles. The summed E-state index contributed by atoms with van der Waals surface area (Å²) in [5.41, 5.74) is 0. The van der Waals surface area contributed by atoms with Gasteiger partial charge in [0.25, 0.3) is 0 Å². The van der Waals surface area contributed by atoms with E-state index in [-0.39, 0.29) is 18.5 Å². The van der Waals surface area contributed by atoms with Crippen LogP contribution in [0.1, 0.15) is 277 Å². The summed E-state index contributed by atoms with van der Waals surface area (Å²) >= 11 is 0. The summed E-state index contributed by atoms with van der Waals surface area (Å²) in [5, 5.41) is 23.1. The second-order valence-electron chi connectivity index (χ2n) is 17.5. The monoisotopic (exact) mass is 806 g/mol. The van der Waals surface area contributed by atoms with E-state index in [9.17, 15) is 19.8 Å². The van der Waals surface area contributed by atoms with Crippen molar-refractivity contribution in [2.45, 2.75) is 289 Å². The second-order valence-corrected chi connectivity index (χ2v) is 17.5. The van der Waals surface area contributed by atoms with E-state index < -0.39 is 12.1 Å². The van der Waals surface area contributed by atoms with Crippen molar-refractivity contribution in [2.75, 3.05) is 13.2 Å². The molecule has 0 aromatic rings. The van der Waals surface area contributed by atoms with Crippen molar-refractivity contribution in [3.05, 3.63) is 12.2 Å². The molecule has 2 unspecified atom stereocenters. The summed E-state index contributed by atoms with van der Waals surface area (Å²) in [4.78, 5) is 24.5. The molecular formula is C51H99NO5. The van der Waals surface area contributed by atoms with Crippen LogP contribution in [0, 0.1) is 0 Å². The smallest absolute Gasteiger partial charge is 0.305 e. The average Bonchev–Trinajstić information content (AvgIpc) is 3.21. The van der Waals surface area contributed by atoms with E-state index in [1.165, 1.54) is 186 Å². The first-order chi connectivity index (χ1) is 28.0. The van der Waals surface area contributed by atoms with Gasteiger partial charge in [-0.05, 0) is 51.4 Å². The van der Waals surface area contributed by atoms with E-state index >= 15 is 0 Å². The molecule has 0 saturated heterocycles. The molecule has 2 atom stereocenters. The third kappa shape index (κ3) is 44.0. The van der Waals surface area contributed by atoms with E-state index in [0.29, 0.717) is 25.9 Å². The predicted octanol–water partition coefficient (Wildman–Crippen LogP) is 15.0. The minimum Gasteiger partial charge on any atom is -0.466 e. The Labute approximate surface area is 355 Å². The number of aliphatic hydroxyl groups is 2. The summed E-state index contributed by atoms with van der Waals surface area (Å²) in [6, 6.07) is -0.551. The van der Waals surface area contributed by atoms with Crippen molar-refractivity contribution in [3.63, 3.8) is 0 Å². The highest BCUT2D eigenvalue weighted by Crippen LogP contribution is 2.16. The molecular weight excluding hydrogens is 707 g/mol. The Morgan fingerprint density at radius 2 is 0.825 bits per heavy atom. The van der Waals surface area contributed by atoms with Gasteiger partial charge < -0.3 is 20.3 Å². The second kappa shape index (κ2) is 47.3. The molecule has 0 aliphatic rings. The third-order valence-electron chi connectivity index (χ3n) is 11.8. The van der Waals surface area contributed by atoms with Gasteiger partial charge in [0.15, 0.2) is 0 Å². The Hall–Kier alpha value is -1.40. The lowest BCUT2D eigenvalue weighted by molar-refractivity contribution is -0.143. The molecule has 0 aliphatic heterocycles. The van der Waals surface area contributed by atoms with Crippen LogP contribution in [0.4, 0.5) is 0 Å². The maximum absolute atomic E-state index is 12.4. The zero-order valence-corrected chi connectivity index (χ0v) is 38.3. The summed E-state index contributed by atoms with van der Waals surface area (Å²) in [5.74, 6) is -0.0676. The van der Waals surface area contributed by atoms with Gasteiger partial charge in [0.05, 0.1) is 25.4 Å². The number of aliphatic hydroxyl groups excluding tert-OH is 2. The fraction of sp³-hybridized carbons (Fsp3) is 0.922. The third-order valence-corrected chi connectivity index (χ3v) is 11.8. The van der Waals surface area contributed by atoms with Crippen LogP contribution in [0.2, 0.25) is 0 Å². The number of esters is 1. The van der Waals surface area contributed by atoms with Crippen molar-refractivity contribution in [3.8, 4) is 0 Å². The summed E-state index contributed by atoms with van der Waals surface area (Å²) in [6.45, 7) is 4.91. The van der Waals surface area contributed by atoms with E-state index in [4.69, 9.17) is 4.74 Å².